The van der Waals surface area contributed by atoms with Gasteiger partial charge < -0.3 is 10.3 Å². The maximum atomic E-state index is 5.56. The summed E-state index contributed by atoms with van der Waals surface area (Å²) in [5.74, 6) is 2.01. The third kappa shape index (κ3) is 3.11. The van der Waals surface area contributed by atoms with Crippen LogP contribution in [0.4, 0.5) is 0 Å². The molecule has 1 unspecified atom stereocenters. The lowest BCUT2D eigenvalue weighted by Crippen LogP contribution is -2.12. The van der Waals surface area contributed by atoms with Crippen molar-refractivity contribution >= 4 is 11.8 Å². The normalized spacial score (nSPS) is 12.6. The second kappa shape index (κ2) is 6.02. The van der Waals surface area contributed by atoms with Gasteiger partial charge in [-0.1, -0.05) is 36.3 Å². The number of benzene rings is 1. The zero-order chi connectivity index (χ0) is 13.0. The minimum atomic E-state index is 0.402. The van der Waals surface area contributed by atoms with Crippen molar-refractivity contribution < 1.29 is 4.52 Å². The van der Waals surface area contributed by atoms with Crippen molar-refractivity contribution in [2.75, 3.05) is 6.54 Å². The molecule has 0 aliphatic carbocycles. The van der Waals surface area contributed by atoms with Crippen LogP contribution in [0.25, 0.3) is 11.4 Å². The molecule has 0 aliphatic rings. The summed E-state index contributed by atoms with van der Waals surface area (Å²) < 4.78 is 5.25. The Morgan fingerprint density at radius 1 is 1.39 bits per heavy atom. The Bertz CT molecular complexity index is 512. The molecule has 0 aliphatic heterocycles. The molecule has 0 saturated carbocycles. The van der Waals surface area contributed by atoms with Crippen molar-refractivity contribution in [2.45, 2.75) is 24.9 Å². The Kier molecular flexibility index (Phi) is 4.38. The molecular formula is C13H17N3OS. The SMILES string of the molecule is Cc1ccccc1-c1noc(CSC(C)CN)n1. The molecular weight excluding hydrogens is 246 g/mol. The fourth-order valence-corrected chi connectivity index (χ4v) is 2.21. The molecule has 2 rings (SSSR count). The predicted octanol–water partition coefficient (Wildman–Crippen LogP) is 2.63. The van der Waals surface area contributed by atoms with E-state index >= 15 is 0 Å². The molecule has 18 heavy (non-hydrogen) atoms. The minimum absolute atomic E-state index is 0.402. The van der Waals surface area contributed by atoms with Crippen molar-refractivity contribution in [3.05, 3.63) is 35.7 Å². The van der Waals surface area contributed by atoms with E-state index in [2.05, 4.69) is 17.1 Å². The Balaban J connectivity index is 2.09. The molecule has 0 radical (unpaired) electrons. The van der Waals surface area contributed by atoms with E-state index in [-0.39, 0.29) is 0 Å². The van der Waals surface area contributed by atoms with Gasteiger partial charge in [0.25, 0.3) is 0 Å². The summed E-state index contributed by atoms with van der Waals surface area (Å²) in [7, 11) is 0. The standard InChI is InChI=1S/C13H17N3OS/c1-9-5-3-4-6-11(9)13-15-12(17-16-13)8-18-10(2)7-14/h3-6,10H,7-8,14H2,1-2H3. The van der Waals surface area contributed by atoms with Crippen LogP contribution in [-0.4, -0.2) is 21.9 Å². The molecule has 96 valence electrons. The highest BCUT2D eigenvalue weighted by molar-refractivity contribution is 7.99. The van der Waals surface area contributed by atoms with E-state index in [1.54, 1.807) is 11.8 Å². The summed E-state index contributed by atoms with van der Waals surface area (Å²) in [6.45, 7) is 4.78. The van der Waals surface area contributed by atoms with Crippen LogP contribution in [-0.2, 0) is 5.75 Å². The molecule has 2 N–H and O–H groups in total. The molecule has 5 heteroatoms. The third-order valence-corrected chi connectivity index (χ3v) is 3.85. The number of nitrogens with two attached hydrogens (primary N) is 1. The Morgan fingerprint density at radius 2 is 2.17 bits per heavy atom. The summed E-state index contributed by atoms with van der Waals surface area (Å²) in [6, 6.07) is 8.01. The minimum Gasteiger partial charge on any atom is -0.338 e. The highest BCUT2D eigenvalue weighted by Crippen LogP contribution is 2.22. The van der Waals surface area contributed by atoms with Gasteiger partial charge in [-0.3, -0.25) is 0 Å². The number of thioether (sulfide) groups is 1. The first-order valence-corrected chi connectivity index (χ1v) is 6.96. The van der Waals surface area contributed by atoms with Gasteiger partial charge in [-0.05, 0) is 12.5 Å². The molecule has 0 bridgehead atoms. The van der Waals surface area contributed by atoms with Crippen LogP contribution in [0, 0.1) is 6.92 Å². The topological polar surface area (TPSA) is 64.9 Å². The van der Waals surface area contributed by atoms with Crippen LogP contribution in [0.2, 0.25) is 0 Å². The zero-order valence-corrected chi connectivity index (χ0v) is 11.4. The summed E-state index contributed by atoms with van der Waals surface area (Å²) in [5, 5.41) is 4.42. The smallest absolute Gasteiger partial charge is 0.236 e. The van der Waals surface area contributed by atoms with Crippen LogP contribution in [0.5, 0.6) is 0 Å². The van der Waals surface area contributed by atoms with Gasteiger partial charge in [0, 0.05) is 17.4 Å². The molecule has 1 atom stereocenters. The number of hydrogen-bond acceptors (Lipinski definition) is 5. The highest BCUT2D eigenvalue weighted by Gasteiger charge is 2.11. The lowest BCUT2D eigenvalue weighted by molar-refractivity contribution is 0.391. The molecule has 0 saturated heterocycles. The van der Waals surface area contributed by atoms with Gasteiger partial charge in [0.05, 0.1) is 5.75 Å². The number of nitrogens with zero attached hydrogens (tertiary/aromatic N) is 2. The quantitative estimate of drug-likeness (QED) is 0.898. The van der Waals surface area contributed by atoms with E-state index < -0.39 is 0 Å². The van der Waals surface area contributed by atoms with Crippen LogP contribution < -0.4 is 5.73 Å². The molecule has 0 fully saturated rings. The maximum Gasteiger partial charge on any atom is 0.236 e. The van der Waals surface area contributed by atoms with Crippen LogP contribution >= 0.6 is 11.8 Å². The van der Waals surface area contributed by atoms with Gasteiger partial charge in [0.2, 0.25) is 11.7 Å². The van der Waals surface area contributed by atoms with Gasteiger partial charge in [0.15, 0.2) is 0 Å². The average molecular weight is 263 g/mol. The molecule has 0 spiro atoms. The fraction of sp³-hybridized carbons (Fsp3) is 0.385. The van der Waals surface area contributed by atoms with Crippen LogP contribution in [0.1, 0.15) is 18.4 Å². The fourth-order valence-electron chi connectivity index (χ4n) is 1.53. The Labute approximate surface area is 111 Å². The summed E-state index contributed by atoms with van der Waals surface area (Å²) in [4.78, 5) is 4.41. The van der Waals surface area contributed by atoms with E-state index in [9.17, 15) is 0 Å². The first-order chi connectivity index (χ1) is 8.70. The van der Waals surface area contributed by atoms with Gasteiger partial charge >= 0.3 is 0 Å². The van der Waals surface area contributed by atoms with Gasteiger partial charge in [-0.2, -0.15) is 4.98 Å². The second-order valence-corrected chi connectivity index (χ2v) is 5.61. The number of aryl methyl sites for hydroxylation is 1. The van der Waals surface area contributed by atoms with E-state index in [4.69, 9.17) is 10.3 Å². The van der Waals surface area contributed by atoms with E-state index in [1.165, 1.54) is 0 Å². The van der Waals surface area contributed by atoms with Crippen molar-refractivity contribution in [1.82, 2.24) is 10.1 Å². The predicted molar refractivity (Wildman–Crippen MR) is 74.3 cm³/mol. The second-order valence-electron chi connectivity index (χ2n) is 4.18. The monoisotopic (exact) mass is 263 g/mol. The highest BCUT2D eigenvalue weighted by atomic mass is 32.2. The summed E-state index contributed by atoms with van der Waals surface area (Å²) >= 11 is 1.72. The van der Waals surface area contributed by atoms with E-state index in [1.807, 2.05) is 31.2 Å². The van der Waals surface area contributed by atoms with Crippen molar-refractivity contribution in [3.63, 3.8) is 0 Å². The third-order valence-electron chi connectivity index (χ3n) is 2.68. The lowest BCUT2D eigenvalue weighted by Gasteiger charge is -2.04. The van der Waals surface area contributed by atoms with Gasteiger partial charge in [-0.15, -0.1) is 11.8 Å². The average Bonchev–Trinajstić information content (AvgIpc) is 2.85. The lowest BCUT2D eigenvalue weighted by atomic mass is 10.1. The molecule has 1 aromatic carbocycles. The van der Waals surface area contributed by atoms with Crippen molar-refractivity contribution in [3.8, 4) is 11.4 Å². The Hall–Kier alpha value is -1.33. The summed E-state index contributed by atoms with van der Waals surface area (Å²) in [6.07, 6.45) is 0. The van der Waals surface area contributed by atoms with Crippen molar-refractivity contribution in [2.24, 2.45) is 5.73 Å². The van der Waals surface area contributed by atoms with E-state index in [0.29, 0.717) is 29.3 Å². The number of rotatable bonds is 5. The van der Waals surface area contributed by atoms with Gasteiger partial charge in [-0.25, -0.2) is 0 Å². The van der Waals surface area contributed by atoms with Crippen molar-refractivity contribution in [1.29, 1.82) is 0 Å². The molecule has 4 nitrogen and oxygen atoms in total. The first kappa shape index (κ1) is 13.1. The molecule has 1 aromatic heterocycles. The van der Waals surface area contributed by atoms with E-state index in [0.717, 1.165) is 11.1 Å². The van der Waals surface area contributed by atoms with Crippen LogP contribution in [0.15, 0.2) is 28.8 Å². The Morgan fingerprint density at radius 3 is 2.89 bits per heavy atom. The maximum absolute atomic E-state index is 5.56. The largest absolute Gasteiger partial charge is 0.338 e. The molecule has 1 heterocycles. The number of aromatic nitrogens is 2. The molecule has 2 aromatic rings. The first-order valence-electron chi connectivity index (χ1n) is 5.91. The zero-order valence-electron chi connectivity index (χ0n) is 10.6. The number of hydrogen-bond donors (Lipinski definition) is 1. The van der Waals surface area contributed by atoms with Crippen LogP contribution in [0.3, 0.4) is 0 Å². The molecule has 0 amide bonds. The summed E-state index contributed by atoms with van der Waals surface area (Å²) in [5.41, 5.74) is 7.73. The van der Waals surface area contributed by atoms with Gasteiger partial charge in [0.1, 0.15) is 0 Å².